The van der Waals surface area contributed by atoms with Gasteiger partial charge in [0.2, 0.25) is 0 Å². The van der Waals surface area contributed by atoms with Crippen LogP contribution in [0, 0.1) is 24.2 Å². The van der Waals surface area contributed by atoms with Gasteiger partial charge in [0.15, 0.2) is 0 Å². The van der Waals surface area contributed by atoms with E-state index in [1.165, 1.54) is 16.7 Å². The van der Waals surface area contributed by atoms with Crippen LogP contribution >= 0.6 is 0 Å². The Morgan fingerprint density at radius 1 is 1.56 bits per heavy atom. The highest BCUT2D eigenvalue weighted by molar-refractivity contribution is 5.37. The second kappa shape index (κ2) is 4.67. The van der Waals surface area contributed by atoms with E-state index in [9.17, 15) is 0 Å². The third-order valence-corrected chi connectivity index (χ3v) is 3.27. The summed E-state index contributed by atoms with van der Waals surface area (Å²) in [7, 11) is 0. The molecular weight excluding hydrogens is 196 g/mol. The van der Waals surface area contributed by atoms with E-state index in [2.05, 4.69) is 36.5 Å². The number of hydrogen-bond donors (Lipinski definition) is 1. The van der Waals surface area contributed by atoms with E-state index in [0.29, 0.717) is 6.04 Å². The van der Waals surface area contributed by atoms with E-state index in [-0.39, 0.29) is 5.92 Å². The zero-order chi connectivity index (χ0) is 11.5. The van der Waals surface area contributed by atoms with Crippen LogP contribution in [0.3, 0.4) is 0 Å². The van der Waals surface area contributed by atoms with E-state index < -0.39 is 0 Å². The molecule has 1 N–H and O–H groups in total. The number of nitrogens with one attached hydrogen (secondary N) is 1. The van der Waals surface area contributed by atoms with Crippen LogP contribution in [0.5, 0.6) is 0 Å². The van der Waals surface area contributed by atoms with Gasteiger partial charge in [-0.25, -0.2) is 0 Å². The maximum Gasteiger partial charge on any atom is 0.0666 e. The number of benzene rings is 1. The van der Waals surface area contributed by atoms with Crippen LogP contribution in [-0.4, -0.2) is 6.54 Å². The molecule has 0 bridgehead atoms. The van der Waals surface area contributed by atoms with Crippen LogP contribution in [0.2, 0.25) is 0 Å². The fraction of sp³-hybridized carbons (Fsp3) is 0.500. The molecule has 2 atom stereocenters. The van der Waals surface area contributed by atoms with Crippen LogP contribution in [-0.2, 0) is 6.42 Å². The third-order valence-electron chi connectivity index (χ3n) is 3.27. The van der Waals surface area contributed by atoms with E-state index in [1.54, 1.807) is 0 Å². The Hall–Kier alpha value is -1.33. The van der Waals surface area contributed by atoms with Gasteiger partial charge >= 0.3 is 0 Å². The van der Waals surface area contributed by atoms with Crippen molar-refractivity contribution < 1.29 is 0 Å². The van der Waals surface area contributed by atoms with Gasteiger partial charge < -0.3 is 5.32 Å². The molecule has 1 aromatic carbocycles. The summed E-state index contributed by atoms with van der Waals surface area (Å²) < 4.78 is 0. The molecule has 2 rings (SSSR count). The van der Waals surface area contributed by atoms with E-state index in [1.807, 2.05) is 6.92 Å². The van der Waals surface area contributed by atoms with E-state index in [0.717, 1.165) is 19.4 Å². The van der Waals surface area contributed by atoms with Gasteiger partial charge in [-0.1, -0.05) is 23.8 Å². The normalized spacial score (nSPS) is 20.2. The van der Waals surface area contributed by atoms with Crippen molar-refractivity contribution in [2.45, 2.75) is 32.7 Å². The standard InChI is InChI=1S/C14H18N2/c1-10-3-4-12-5-6-14(13(12)7-10)16-9-11(2)8-15/h3-4,7,11,14,16H,5-6,9H2,1-2H3. The SMILES string of the molecule is Cc1ccc2c(c1)C(NCC(C)C#N)CC2. The monoisotopic (exact) mass is 214 g/mol. The maximum atomic E-state index is 8.76. The zero-order valence-electron chi connectivity index (χ0n) is 9.96. The highest BCUT2D eigenvalue weighted by atomic mass is 14.9. The summed E-state index contributed by atoms with van der Waals surface area (Å²) in [6.45, 7) is 4.88. The fourth-order valence-electron chi connectivity index (χ4n) is 2.30. The first-order valence-electron chi connectivity index (χ1n) is 5.93. The molecule has 0 saturated heterocycles. The van der Waals surface area contributed by atoms with Crippen molar-refractivity contribution in [3.63, 3.8) is 0 Å². The highest BCUT2D eigenvalue weighted by Gasteiger charge is 2.22. The van der Waals surface area contributed by atoms with Gasteiger partial charge in [-0.05, 0) is 37.8 Å². The summed E-state index contributed by atoms with van der Waals surface area (Å²) in [6.07, 6.45) is 2.32. The fourth-order valence-corrected chi connectivity index (χ4v) is 2.30. The van der Waals surface area contributed by atoms with E-state index in [4.69, 9.17) is 5.26 Å². The van der Waals surface area contributed by atoms with Crippen molar-refractivity contribution in [1.82, 2.24) is 5.32 Å². The lowest BCUT2D eigenvalue weighted by atomic mass is 10.0. The van der Waals surface area contributed by atoms with Crippen molar-refractivity contribution in [3.05, 3.63) is 34.9 Å². The van der Waals surface area contributed by atoms with Gasteiger partial charge in [0.1, 0.15) is 0 Å². The lowest BCUT2D eigenvalue weighted by Gasteiger charge is -2.15. The predicted octanol–water partition coefficient (Wildman–Crippen LogP) is 2.73. The molecule has 0 heterocycles. The van der Waals surface area contributed by atoms with Gasteiger partial charge in [0.25, 0.3) is 0 Å². The smallest absolute Gasteiger partial charge is 0.0666 e. The molecule has 1 aliphatic carbocycles. The Balaban J connectivity index is 2.06. The number of nitrogens with zero attached hydrogens (tertiary/aromatic N) is 1. The number of nitriles is 1. The second-order valence-corrected chi connectivity index (χ2v) is 4.73. The molecule has 0 aromatic heterocycles. The molecule has 0 saturated carbocycles. The molecule has 0 aliphatic heterocycles. The van der Waals surface area contributed by atoms with Crippen molar-refractivity contribution in [2.75, 3.05) is 6.54 Å². The predicted molar refractivity (Wildman–Crippen MR) is 65.0 cm³/mol. The second-order valence-electron chi connectivity index (χ2n) is 4.73. The van der Waals surface area contributed by atoms with Gasteiger partial charge in [0, 0.05) is 12.6 Å². The molecule has 84 valence electrons. The summed E-state index contributed by atoms with van der Waals surface area (Å²) in [5.41, 5.74) is 4.22. The quantitative estimate of drug-likeness (QED) is 0.839. The summed E-state index contributed by atoms with van der Waals surface area (Å²) in [4.78, 5) is 0. The Kier molecular flexibility index (Phi) is 3.26. The molecule has 0 radical (unpaired) electrons. The highest BCUT2D eigenvalue weighted by Crippen LogP contribution is 2.31. The molecule has 0 amide bonds. The summed E-state index contributed by atoms with van der Waals surface area (Å²) in [5, 5.41) is 12.3. The topological polar surface area (TPSA) is 35.8 Å². The van der Waals surface area contributed by atoms with Crippen LogP contribution in [0.4, 0.5) is 0 Å². The lowest BCUT2D eigenvalue weighted by Crippen LogP contribution is -2.24. The Labute approximate surface area is 97.3 Å². The molecular formula is C14H18N2. The minimum Gasteiger partial charge on any atom is -0.309 e. The first-order valence-corrected chi connectivity index (χ1v) is 5.93. The first-order chi connectivity index (χ1) is 7.70. The molecule has 2 heteroatoms. The van der Waals surface area contributed by atoms with Crippen LogP contribution in [0.25, 0.3) is 0 Å². The van der Waals surface area contributed by atoms with Crippen molar-refractivity contribution in [1.29, 1.82) is 5.26 Å². The van der Waals surface area contributed by atoms with Crippen molar-refractivity contribution in [2.24, 2.45) is 5.92 Å². The van der Waals surface area contributed by atoms with Crippen molar-refractivity contribution >= 4 is 0 Å². The number of fused-ring (bicyclic) bond motifs is 1. The lowest BCUT2D eigenvalue weighted by molar-refractivity contribution is 0.496. The summed E-state index contributed by atoms with van der Waals surface area (Å²) in [6, 6.07) is 9.40. The Morgan fingerprint density at radius 2 is 2.38 bits per heavy atom. The molecule has 0 fully saturated rings. The van der Waals surface area contributed by atoms with Crippen LogP contribution < -0.4 is 5.32 Å². The number of rotatable bonds is 3. The van der Waals surface area contributed by atoms with Gasteiger partial charge in [-0.2, -0.15) is 5.26 Å². The minimum atomic E-state index is 0.0915. The van der Waals surface area contributed by atoms with Gasteiger partial charge in [-0.3, -0.25) is 0 Å². The Morgan fingerprint density at radius 3 is 3.12 bits per heavy atom. The maximum absolute atomic E-state index is 8.76. The van der Waals surface area contributed by atoms with Crippen LogP contribution in [0.1, 0.15) is 36.1 Å². The zero-order valence-corrected chi connectivity index (χ0v) is 9.96. The minimum absolute atomic E-state index is 0.0915. The van der Waals surface area contributed by atoms with Crippen LogP contribution in [0.15, 0.2) is 18.2 Å². The first kappa shape index (κ1) is 11.2. The van der Waals surface area contributed by atoms with Crippen molar-refractivity contribution in [3.8, 4) is 6.07 Å². The molecule has 1 aromatic rings. The summed E-state index contributed by atoms with van der Waals surface area (Å²) >= 11 is 0. The molecule has 16 heavy (non-hydrogen) atoms. The summed E-state index contributed by atoms with van der Waals surface area (Å²) in [5.74, 6) is 0.0915. The molecule has 1 aliphatic rings. The molecule has 2 nitrogen and oxygen atoms in total. The third kappa shape index (κ3) is 2.25. The molecule has 2 unspecified atom stereocenters. The average molecular weight is 214 g/mol. The molecule has 0 spiro atoms. The largest absolute Gasteiger partial charge is 0.309 e. The van der Waals surface area contributed by atoms with Gasteiger partial charge in [-0.15, -0.1) is 0 Å². The van der Waals surface area contributed by atoms with Gasteiger partial charge in [0.05, 0.1) is 12.0 Å². The number of hydrogen-bond acceptors (Lipinski definition) is 2. The van der Waals surface area contributed by atoms with E-state index >= 15 is 0 Å². The average Bonchev–Trinajstić information content (AvgIpc) is 2.68. The number of aryl methyl sites for hydroxylation is 2. The Bertz CT molecular complexity index is 417.